The van der Waals surface area contributed by atoms with Crippen LogP contribution in [-0.4, -0.2) is 30.8 Å². The van der Waals surface area contributed by atoms with E-state index < -0.39 is 0 Å². The molecule has 15 heavy (non-hydrogen) atoms. The second kappa shape index (κ2) is 4.48. The summed E-state index contributed by atoms with van der Waals surface area (Å²) in [5, 5.41) is 0. The maximum Gasteiger partial charge on any atom is 0.140 e. The lowest BCUT2D eigenvalue weighted by Crippen LogP contribution is -2.36. The monoisotopic (exact) mass is 207 g/mol. The minimum atomic E-state index is 0.307. The predicted octanol–water partition coefficient (Wildman–Crippen LogP) is 2.11. The Labute approximate surface area is 92.3 Å². The van der Waals surface area contributed by atoms with Crippen LogP contribution in [-0.2, 0) is 4.79 Å². The summed E-state index contributed by atoms with van der Waals surface area (Å²) < 4.78 is 0. The normalized spacial score (nSPS) is 34.8. The van der Waals surface area contributed by atoms with Gasteiger partial charge in [0.2, 0.25) is 0 Å². The Morgan fingerprint density at radius 1 is 1.47 bits per heavy atom. The van der Waals surface area contributed by atoms with Crippen molar-refractivity contribution in [3.05, 3.63) is 12.7 Å². The van der Waals surface area contributed by atoms with Crippen LogP contribution in [0.4, 0.5) is 0 Å². The summed E-state index contributed by atoms with van der Waals surface area (Å²) in [7, 11) is 2.07. The molecule has 2 rings (SSSR count). The molecule has 2 aliphatic carbocycles. The predicted molar refractivity (Wildman–Crippen MR) is 61.6 cm³/mol. The number of hydrogen-bond donors (Lipinski definition) is 0. The summed E-state index contributed by atoms with van der Waals surface area (Å²) in [5.41, 5.74) is 0. The van der Waals surface area contributed by atoms with Gasteiger partial charge in [0.1, 0.15) is 5.78 Å². The Balaban J connectivity index is 1.92. The lowest BCUT2D eigenvalue weighted by Gasteiger charge is -2.29. The number of carbonyl (C=O) groups is 1. The van der Waals surface area contributed by atoms with E-state index in [0.717, 1.165) is 31.8 Å². The van der Waals surface area contributed by atoms with E-state index in [1.54, 1.807) is 0 Å². The average molecular weight is 207 g/mol. The van der Waals surface area contributed by atoms with Crippen LogP contribution in [0.15, 0.2) is 12.7 Å². The van der Waals surface area contributed by atoms with Crippen molar-refractivity contribution in [3.63, 3.8) is 0 Å². The molecule has 0 spiro atoms. The van der Waals surface area contributed by atoms with Crippen LogP contribution in [0.3, 0.4) is 0 Å². The van der Waals surface area contributed by atoms with Gasteiger partial charge in [-0.3, -0.25) is 4.79 Å². The number of Topliss-reactive ketones (excluding diaryl/α,β-unsaturated/α-hetero) is 1. The van der Waals surface area contributed by atoms with Crippen LogP contribution in [0.25, 0.3) is 0 Å². The van der Waals surface area contributed by atoms with Gasteiger partial charge in [-0.05, 0) is 38.6 Å². The highest BCUT2D eigenvalue weighted by Crippen LogP contribution is 2.42. The second-order valence-corrected chi connectivity index (χ2v) is 5.22. The zero-order valence-corrected chi connectivity index (χ0v) is 9.61. The SMILES string of the molecule is C=CCN(C)CC1CC2CCC(C2)C1=O. The summed E-state index contributed by atoms with van der Waals surface area (Å²) in [5.74, 6) is 2.10. The third kappa shape index (κ3) is 2.31. The molecule has 2 heteroatoms. The zero-order valence-electron chi connectivity index (χ0n) is 9.61. The van der Waals surface area contributed by atoms with Crippen LogP contribution in [0.5, 0.6) is 0 Å². The first-order chi connectivity index (χ1) is 7.20. The highest BCUT2D eigenvalue weighted by molar-refractivity contribution is 5.84. The van der Waals surface area contributed by atoms with Crippen LogP contribution >= 0.6 is 0 Å². The number of nitrogens with zero attached hydrogens (tertiary/aromatic N) is 1. The molecule has 0 heterocycles. The van der Waals surface area contributed by atoms with Gasteiger partial charge < -0.3 is 4.90 Å². The van der Waals surface area contributed by atoms with Crippen LogP contribution in [0, 0.1) is 17.8 Å². The molecule has 0 N–H and O–H groups in total. The van der Waals surface area contributed by atoms with Gasteiger partial charge in [0, 0.05) is 24.9 Å². The highest BCUT2D eigenvalue weighted by atomic mass is 16.1. The first-order valence-electron chi connectivity index (χ1n) is 6.04. The van der Waals surface area contributed by atoms with Crippen LogP contribution in [0.1, 0.15) is 25.7 Å². The van der Waals surface area contributed by atoms with Crippen molar-refractivity contribution in [2.24, 2.45) is 17.8 Å². The first-order valence-corrected chi connectivity index (χ1v) is 6.04. The first kappa shape index (κ1) is 10.9. The fraction of sp³-hybridized carbons (Fsp3) is 0.769. The van der Waals surface area contributed by atoms with Crippen molar-refractivity contribution in [1.82, 2.24) is 4.90 Å². The van der Waals surface area contributed by atoms with Crippen molar-refractivity contribution in [2.75, 3.05) is 20.1 Å². The zero-order chi connectivity index (χ0) is 10.8. The largest absolute Gasteiger partial charge is 0.302 e. The summed E-state index contributed by atoms with van der Waals surface area (Å²) >= 11 is 0. The molecule has 0 radical (unpaired) electrons. The van der Waals surface area contributed by atoms with E-state index >= 15 is 0 Å². The number of rotatable bonds is 4. The molecule has 0 aromatic rings. The van der Waals surface area contributed by atoms with E-state index in [1.165, 1.54) is 12.8 Å². The van der Waals surface area contributed by atoms with Crippen molar-refractivity contribution < 1.29 is 4.79 Å². The minimum absolute atomic E-state index is 0.307. The van der Waals surface area contributed by atoms with Gasteiger partial charge in [0.15, 0.2) is 0 Å². The fourth-order valence-corrected chi connectivity index (χ4v) is 3.23. The standard InChI is InChI=1S/C13H21NO/c1-3-6-14(2)9-12-8-10-4-5-11(7-10)13(12)15/h3,10-12H,1,4-9H2,2H3. The maximum absolute atomic E-state index is 12.1. The Morgan fingerprint density at radius 2 is 2.27 bits per heavy atom. The molecule has 0 aromatic heterocycles. The molecule has 3 unspecified atom stereocenters. The van der Waals surface area contributed by atoms with E-state index in [1.807, 2.05) is 6.08 Å². The third-order valence-electron chi connectivity index (χ3n) is 3.94. The number of hydrogen-bond acceptors (Lipinski definition) is 2. The molecular weight excluding hydrogens is 186 g/mol. The number of fused-ring (bicyclic) bond motifs is 2. The van der Waals surface area contributed by atoms with E-state index in [2.05, 4.69) is 18.5 Å². The highest BCUT2D eigenvalue weighted by Gasteiger charge is 2.40. The van der Waals surface area contributed by atoms with E-state index in [-0.39, 0.29) is 0 Å². The molecule has 84 valence electrons. The Hall–Kier alpha value is -0.630. The van der Waals surface area contributed by atoms with Gasteiger partial charge in [-0.2, -0.15) is 0 Å². The van der Waals surface area contributed by atoms with Gasteiger partial charge in [-0.25, -0.2) is 0 Å². The van der Waals surface area contributed by atoms with Gasteiger partial charge >= 0.3 is 0 Å². The molecule has 0 saturated heterocycles. The van der Waals surface area contributed by atoms with Crippen LogP contribution in [0.2, 0.25) is 0 Å². The molecule has 0 aliphatic heterocycles. The molecule has 0 aromatic carbocycles. The summed E-state index contributed by atoms with van der Waals surface area (Å²) in [4.78, 5) is 14.3. The van der Waals surface area contributed by atoms with E-state index in [0.29, 0.717) is 17.6 Å². The quantitative estimate of drug-likeness (QED) is 0.658. The number of ketones is 1. The molecule has 2 nitrogen and oxygen atoms in total. The van der Waals surface area contributed by atoms with Gasteiger partial charge in [-0.15, -0.1) is 6.58 Å². The maximum atomic E-state index is 12.1. The summed E-state index contributed by atoms with van der Waals surface area (Å²) in [6.45, 7) is 5.54. The lowest BCUT2D eigenvalue weighted by atomic mass is 9.79. The molecule has 2 aliphatic rings. The van der Waals surface area contributed by atoms with Crippen molar-refractivity contribution in [2.45, 2.75) is 25.7 Å². The Kier molecular flexibility index (Phi) is 3.25. The van der Waals surface area contributed by atoms with E-state index in [9.17, 15) is 4.79 Å². The van der Waals surface area contributed by atoms with Gasteiger partial charge in [-0.1, -0.05) is 6.08 Å². The van der Waals surface area contributed by atoms with E-state index in [4.69, 9.17) is 0 Å². The third-order valence-corrected chi connectivity index (χ3v) is 3.94. The van der Waals surface area contributed by atoms with Gasteiger partial charge in [0.25, 0.3) is 0 Å². The molecule has 3 atom stereocenters. The van der Waals surface area contributed by atoms with Gasteiger partial charge in [0.05, 0.1) is 0 Å². The molecule has 0 amide bonds. The molecule has 2 fully saturated rings. The number of likely N-dealkylation sites (N-methyl/N-ethyl adjacent to an activating group) is 1. The minimum Gasteiger partial charge on any atom is -0.302 e. The molecule has 2 bridgehead atoms. The molecular formula is C13H21NO. The Bertz CT molecular complexity index is 261. The second-order valence-electron chi connectivity index (χ2n) is 5.22. The summed E-state index contributed by atoms with van der Waals surface area (Å²) in [6.07, 6.45) is 6.67. The van der Waals surface area contributed by atoms with Crippen molar-refractivity contribution in [1.29, 1.82) is 0 Å². The Morgan fingerprint density at radius 3 is 3.00 bits per heavy atom. The summed E-state index contributed by atoms with van der Waals surface area (Å²) in [6, 6.07) is 0. The van der Waals surface area contributed by atoms with Crippen LogP contribution < -0.4 is 0 Å². The average Bonchev–Trinajstić information content (AvgIpc) is 2.59. The smallest absolute Gasteiger partial charge is 0.140 e. The van der Waals surface area contributed by atoms with Crippen molar-refractivity contribution in [3.8, 4) is 0 Å². The lowest BCUT2D eigenvalue weighted by molar-refractivity contribution is -0.129. The number of carbonyl (C=O) groups excluding carboxylic acids is 1. The van der Waals surface area contributed by atoms with Crippen molar-refractivity contribution >= 4 is 5.78 Å². The fourth-order valence-electron chi connectivity index (χ4n) is 3.23. The molecule has 2 saturated carbocycles. The topological polar surface area (TPSA) is 20.3 Å².